The van der Waals surface area contributed by atoms with Crippen molar-refractivity contribution in [3.05, 3.63) is 17.7 Å². The van der Waals surface area contributed by atoms with Crippen molar-refractivity contribution in [2.75, 3.05) is 18.4 Å². The fraction of sp³-hybridized carbons (Fsp3) is 0.600. The molecule has 0 aromatic carbocycles. The van der Waals surface area contributed by atoms with Gasteiger partial charge in [0, 0.05) is 25.0 Å². The van der Waals surface area contributed by atoms with Crippen LogP contribution in [-0.4, -0.2) is 47.2 Å². The molecule has 0 unspecified atom stereocenters. The van der Waals surface area contributed by atoms with Gasteiger partial charge in [0.15, 0.2) is 5.78 Å². The zero-order chi connectivity index (χ0) is 22.2. The smallest absolute Gasteiger partial charge is 0.414 e. The number of nitrogens with one attached hydrogen (secondary N) is 3. The Bertz CT molecular complexity index is 735. The van der Waals surface area contributed by atoms with Crippen LogP contribution in [0.1, 0.15) is 65.2 Å². The van der Waals surface area contributed by atoms with Crippen LogP contribution in [0.4, 0.5) is 15.4 Å². The predicted molar refractivity (Wildman–Crippen MR) is 110 cm³/mol. The van der Waals surface area contributed by atoms with E-state index in [0.29, 0.717) is 18.9 Å². The van der Waals surface area contributed by atoms with Crippen LogP contribution < -0.4 is 20.7 Å². The van der Waals surface area contributed by atoms with Gasteiger partial charge in [0.2, 0.25) is 5.88 Å². The number of hydrogen-bond donors (Lipinski definition) is 3. The first-order valence-corrected chi connectivity index (χ1v) is 9.55. The SMILES string of the molecule is CCC(=O)c1ccc(NCCNC(=O)OC(C)(C)C)nc1OC(=O)NC(C)(C)C. The molecule has 9 nitrogen and oxygen atoms in total. The highest BCUT2D eigenvalue weighted by Gasteiger charge is 2.20. The average molecular weight is 408 g/mol. The third kappa shape index (κ3) is 9.77. The number of hydrogen-bond acceptors (Lipinski definition) is 7. The van der Waals surface area contributed by atoms with Crippen LogP contribution in [-0.2, 0) is 4.74 Å². The Hall–Kier alpha value is -2.84. The number of carbonyl (C=O) groups is 3. The summed E-state index contributed by atoms with van der Waals surface area (Å²) in [4.78, 5) is 40.1. The van der Waals surface area contributed by atoms with Crippen molar-refractivity contribution in [3.63, 3.8) is 0 Å². The highest BCUT2D eigenvalue weighted by molar-refractivity contribution is 5.98. The summed E-state index contributed by atoms with van der Waals surface area (Å²) >= 11 is 0. The number of nitrogens with zero attached hydrogens (tertiary/aromatic N) is 1. The molecule has 9 heteroatoms. The molecular formula is C20H32N4O5. The van der Waals surface area contributed by atoms with Crippen LogP contribution >= 0.6 is 0 Å². The van der Waals surface area contributed by atoms with E-state index in [2.05, 4.69) is 20.9 Å². The number of ether oxygens (including phenoxy) is 2. The summed E-state index contributed by atoms with van der Waals surface area (Å²) in [7, 11) is 0. The normalized spacial score (nSPS) is 11.4. The summed E-state index contributed by atoms with van der Waals surface area (Å²) in [5, 5.41) is 8.28. The van der Waals surface area contributed by atoms with Gasteiger partial charge in [-0.1, -0.05) is 6.92 Å². The average Bonchev–Trinajstić information content (AvgIpc) is 2.55. The fourth-order valence-electron chi connectivity index (χ4n) is 2.11. The summed E-state index contributed by atoms with van der Waals surface area (Å²) in [6, 6.07) is 3.17. The van der Waals surface area contributed by atoms with Crippen molar-refractivity contribution < 1.29 is 23.9 Å². The molecule has 1 heterocycles. The highest BCUT2D eigenvalue weighted by atomic mass is 16.6. The maximum Gasteiger partial charge on any atom is 0.414 e. The molecule has 0 atom stereocenters. The van der Waals surface area contributed by atoms with Crippen molar-refractivity contribution in [3.8, 4) is 5.88 Å². The molecule has 0 radical (unpaired) electrons. The second-order valence-electron chi connectivity index (χ2n) is 8.45. The first-order valence-electron chi connectivity index (χ1n) is 9.55. The summed E-state index contributed by atoms with van der Waals surface area (Å²) in [5.74, 6) is 0.153. The third-order valence-electron chi connectivity index (χ3n) is 3.25. The lowest BCUT2D eigenvalue weighted by molar-refractivity contribution is 0.0529. The minimum Gasteiger partial charge on any atom is -0.444 e. The Balaban J connectivity index is 2.76. The van der Waals surface area contributed by atoms with E-state index in [0.717, 1.165) is 0 Å². The van der Waals surface area contributed by atoms with Crippen LogP contribution in [0.5, 0.6) is 5.88 Å². The van der Waals surface area contributed by atoms with Crippen molar-refractivity contribution in [2.45, 2.75) is 66.0 Å². The van der Waals surface area contributed by atoms with Gasteiger partial charge in [0.1, 0.15) is 11.4 Å². The number of aromatic nitrogens is 1. The van der Waals surface area contributed by atoms with E-state index in [9.17, 15) is 14.4 Å². The minimum atomic E-state index is -0.695. The van der Waals surface area contributed by atoms with E-state index >= 15 is 0 Å². The van der Waals surface area contributed by atoms with Crippen LogP contribution in [0.2, 0.25) is 0 Å². The molecule has 0 fully saturated rings. The van der Waals surface area contributed by atoms with E-state index < -0.39 is 23.3 Å². The number of carbonyl (C=O) groups excluding carboxylic acids is 3. The maximum absolute atomic E-state index is 12.1. The lowest BCUT2D eigenvalue weighted by Gasteiger charge is -2.20. The minimum absolute atomic E-state index is 0.0660. The first kappa shape index (κ1) is 24.2. The molecule has 1 aromatic rings. The van der Waals surface area contributed by atoms with Gasteiger partial charge in [-0.05, 0) is 53.7 Å². The van der Waals surface area contributed by atoms with Crippen LogP contribution in [0, 0.1) is 0 Å². The molecule has 0 bridgehead atoms. The van der Waals surface area contributed by atoms with Gasteiger partial charge in [-0.3, -0.25) is 4.79 Å². The van der Waals surface area contributed by atoms with Gasteiger partial charge in [-0.2, -0.15) is 4.98 Å². The van der Waals surface area contributed by atoms with Gasteiger partial charge in [-0.15, -0.1) is 0 Å². The zero-order valence-electron chi connectivity index (χ0n) is 18.3. The van der Waals surface area contributed by atoms with Crippen LogP contribution in [0.15, 0.2) is 12.1 Å². The van der Waals surface area contributed by atoms with Gasteiger partial charge in [0.05, 0.1) is 5.56 Å². The predicted octanol–water partition coefficient (Wildman–Crippen LogP) is 3.50. The largest absolute Gasteiger partial charge is 0.444 e. The van der Waals surface area contributed by atoms with E-state index in [4.69, 9.17) is 9.47 Å². The maximum atomic E-state index is 12.1. The van der Waals surface area contributed by atoms with Gasteiger partial charge < -0.3 is 25.4 Å². The number of ketones is 1. The second kappa shape index (κ2) is 10.1. The van der Waals surface area contributed by atoms with Crippen molar-refractivity contribution in [2.24, 2.45) is 0 Å². The number of Topliss-reactive ketones (excluding diaryl/α,β-unsaturated/α-hetero) is 1. The second-order valence-corrected chi connectivity index (χ2v) is 8.45. The number of alkyl carbamates (subject to hydrolysis) is 1. The topological polar surface area (TPSA) is 119 Å². The molecule has 0 aliphatic rings. The van der Waals surface area contributed by atoms with E-state index in [1.807, 2.05) is 20.8 Å². The number of anilines is 1. The molecule has 1 rings (SSSR count). The summed E-state index contributed by atoms with van der Waals surface area (Å²) in [5.41, 5.74) is -0.829. The third-order valence-corrected chi connectivity index (χ3v) is 3.25. The Morgan fingerprint density at radius 1 is 1.00 bits per heavy atom. The van der Waals surface area contributed by atoms with Crippen molar-refractivity contribution >= 4 is 23.8 Å². The zero-order valence-corrected chi connectivity index (χ0v) is 18.3. The van der Waals surface area contributed by atoms with E-state index in [-0.39, 0.29) is 23.6 Å². The summed E-state index contributed by atoms with van der Waals surface area (Å²) < 4.78 is 10.4. The molecule has 0 aliphatic carbocycles. The first-order chi connectivity index (χ1) is 13.3. The molecule has 29 heavy (non-hydrogen) atoms. The van der Waals surface area contributed by atoms with Crippen molar-refractivity contribution in [1.82, 2.24) is 15.6 Å². The van der Waals surface area contributed by atoms with E-state index in [1.54, 1.807) is 39.8 Å². The van der Waals surface area contributed by atoms with Gasteiger partial charge >= 0.3 is 12.2 Å². The fourth-order valence-corrected chi connectivity index (χ4v) is 2.11. The van der Waals surface area contributed by atoms with Gasteiger partial charge in [0.25, 0.3) is 0 Å². The van der Waals surface area contributed by atoms with Crippen LogP contribution in [0.25, 0.3) is 0 Å². The molecule has 3 N–H and O–H groups in total. The Morgan fingerprint density at radius 3 is 2.21 bits per heavy atom. The summed E-state index contributed by atoms with van der Waals surface area (Å²) in [6.07, 6.45) is -0.955. The molecule has 1 aromatic heterocycles. The summed E-state index contributed by atoms with van der Waals surface area (Å²) in [6.45, 7) is 13.2. The Kier molecular flexibility index (Phi) is 8.42. The molecular weight excluding hydrogens is 376 g/mol. The Labute approximate surface area is 171 Å². The molecule has 0 aliphatic heterocycles. The van der Waals surface area contributed by atoms with Crippen LogP contribution in [0.3, 0.4) is 0 Å². The quantitative estimate of drug-likeness (QED) is 0.467. The standard InChI is InChI=1S/C20H32N4O5/c1-8-14(25)13-9-10-15(21-11-12-22-17(26)29-20(5,6)7)23-16(13)28-18(27)24-19(2,3)4/h9-10H,8,11-12H2,1-7H3,(H,21,23)(H,22,26)(H,24,27). The Morgan fingerprint density at radius 2 is 1.66 bits per heavy atom. The molecule has 0 saturated carbocycles. The van der Waals surface area contributed by atoms with Crippen molar-refractivity contribution in [1.29, 1.82) is 0 Å². The number of amides is 2. The monoisotopic (exact) mass is 408 g/mol. The number of rotatable bonds is 7. The lowest BCUT2D eigenvalue weighted by atomic mass is 10.1. The molecule has 0 spiro atoms. The molecule has 2 amide bonds. The van der Waals surface area contributed by atoms with Gasteiger partial charge in [-0.25, -0.2) is 9.59 Å². The molecule has 0 saturated heterocycles. The highest BCUT2D eigenvalue weighted by Crippen LogP contribution is 2.21. The number of pyridine rings is 1. The van der Waals surface area contributed by atoms with E-state index in [1.165, 1.54) is 0 Å². The molecule has 162 valence electrons. The lowest BCUT2D eigenvalue weighted by Crippen LogP contribution is -2.42.